The molecule has 0 heterocycles. The summed E-state index contributed by atoms with van der Waals surface area (Å²) in [5.74, 6) is 3.67. The van der Waals surface area contributed by atoms with Crippen molar-refractivity contribution in [3.63, 3.8) is 0 Å². The molecule has 4 rings (SSSR count). The molecule has 0 bridgehead atoms. The summed E-state index contributed by atoms with van der Waals surface area (Å²) in [6, 6.07) is 1.08. The fraction of sp³-hybridized carbons (Fsp3) is 0.909. The maximum atomic E-state index is 6.29. The fourth-order valence-electron chi connectivity index (χ4n) is 7.75. The van der Waals surface area contributed by atoms with Crippen LogP contribution >= 0.6 is 0 Å². The first-order chi connectivity index (χ1) is 11.4. The molecule has 0 aromatic carbocycles. The van der Waals surface area contributed by atoms with Gasteiger partial charge in [0.15, 0.2) is 0 Å². The first-order valence-corrected chi connectivity index (χ1v) is 10.5. The second-order valence-corrected chi connectivity index (χ2v) is 10.1. The van der Waals surface area contributed by atoms with E-state index in [2.05, 4.69) is 39.2 Å². The monoisotopic (exact) mass is 330 g/mol. The Morgan fingerprint density at radius 1 is 1.12 bits per heavy atom. The van der Waals surface area contributed by atoms with Gasteiger partial charge in [0.05, 0.1) is 0 Å². The molecule has 0 aromatic rings. The van der Waals surface area contributed by atoms with Crippen molar-refractivity contribution in [1.82, 2.24) is 5.32 Å². The second-order valence-electron chi connectivity index (χ2n) is 10.1. The van der Waals surface area contributed by atoms with Gasteiger partial charge in [-0.25, -0.2) is 0 Å². The first-order valence-electron chi connectivity index (χ1n) is 10.5. The van der Waals surface area contributed by atoms with E-state index < -0.39 is 0 Å². The van der Waals surface area contributed by atoms with Crippen LogP contribution < -0.4 is 11.1 Å². The first kappa shape index (κ1) is 17.1. The molecule has 3 saturated carbocycles. The number of hydrogen-bond donors (Lipinski definition) is 2. The Morgan fingerprint density at radius 2 is 1.92 bits per heavy atom. The number of rotatable bonds is 2. The molecular weight excluding hydrogens is 292 g/mol. The van der Waals surface area contributed by atoms with Crippen LogP contribution in [0.2, 0.25) is 0 Å². The van der Waals surface area contributed by atoms with Gasteiger partial charge in [-0.2, -0.15) is 0 Å². The quantitative estimate of drug-likeness (QED) is 0.732. The Hall–Kier alpha value is -0.340. The minimum Gasteiger partial charge on any atom is -0.327 e. The normalized spacial score (nSPS) is 52.0. The van der Waals surface area contributed by atoms with Crippen LogP contribution in [0, 0.1) is 34.5 Å². The van der Waals surface area contributed by atoms with Crippen molar-refractivity contribution in [2.75, 3.05) is 7.05 Å². The molecule has 0 saturated heterocycles. The number of allylic oxidation sites excluding steroid dienone is 1. The summed E-state index contributed by atoms with van der Waals surface area (Å²) in [6.45, 7) is 7.64. The molecule has 4 aliphatic carbocycles. The standard InChI is InChI=1S/C22H38N2/c1-14(24-4)18-7-8-19-17-6-5-15-13-16(23)9-11-21(15,2)20(17)10-12-22(18,19)3/h5,14,16-20,24H,6-13,23H2,1-4H3. The smallest absolute Gasteiger partial charge is 0.00766 e. The lowest BCUT2D eigenvalue weighted by molar-refractivity contribution is -0.0462. The van der Waals surface area contributed by atoms with Crippen LogP contribution in [0.3, 0.4) is 0 Å². The Balaban J connectivity index is 1.63. The molecule has 8 unspecified atom stereocenters. The summed E-state index contributed by atoms with van der Waals surface area (Å²) in [7, 11) is 2.15. The van der Waals surface area contributed by atoms with Crippen molar-refractivity contribution < 1.29 is 0 Å². The van der Waals surface area contributed by atoms with Crippen LogP contribution in [0.4, 0.5) is 0 Å². The van der Waals surface area contributed by atoms with Gasteiger partial charge in [0.2, 0.25) is 0 Å². The molecule has 0 aromatic heterocycles. The number of nitrogens with one attached hydrogen (secondary N) is 1. The van der Waals surface area contributed by atoms with Crippen molar-refractivity contribution in [3.05, 3.63) is 11.6 Å². The highest BCUT2D eigenvalue weighted by atomic mass is 14.9. The van der Waals surface area contributed by atoms with Gasteiger partial charge in [0.25, 0.3) is 0 Å². The van der Waals surface area contributed by atoms with Crippen LogP contribution in [0.25, 0.3) is 0 Å². The van der Waals surface area contributed by atoms with Crippen molar-refractivity contribution in [2.45, 2.75) is 84.2 Å². The van der Waals surface area contributed by atoms with Gasteiger partial charge in [-0.15, -0.1) is 0 Å². The molecule has 8 atom stereocenters. The van der Waals surface area contributed by atoms with E-state index in [1.807, 2.05) is 0 Å². The molecule has 0 amide bonds. The van der Waals surface area contributed by atoms with Crippen molar-refractivity contribution >= 4 is 0 Å². The average molecular weight is 331 g/mol. The lowest BCUT2D eigenvalue weighted by atomic mass is 9.47. The lowest BCUT2D eigenvalue weighted by Crippen LogP contribution is -2.52. The molecule has 0 radical (unpaired) electrons. The Kier molecular flexibility index (Phi) is 4.16. The van der Waals surface area contributed by atoms with Crippen molar-refractivity contribution in [1.29, 1.82) is 0 Å². The highest BCUT2D eigenvalue weighted by Gasteiger charge is 2.58. The predicted octanol–water partition coefficient (Wildman–Crippen LogP) is 4.50. The zero-order valence-electron chi connectivity index (χ0n) is 16.3. The van der Waals surface area contributed by atoms with E-state index in [1.54, 1.807) is 5.57 Å². The van der Waals surface area contributed by atoms with E-state index >= 15 is 0 Å². The van der Waals surface area contributed by atoms with Crippen LogP contribution in [-0.2, 0) is 0 Å². The molecule has 136 valence electrons. The van der Waals surface area contributed by atoms with Gasteiger partial charge >= 0.3 is 0 Å². The fourth-order valence-corrected chi connectivity index (χ4v) is 7.75. The summed E-state index contributed by atoms with van der Waals surface area (Å²) in [5, 5.41) is 3.57. The van der Waals surface area contributed by atoms with E-state index in [0.29, 0.717) is 22.9 Å². The largest absolute Gasteiger partial charge is 0.327 e. The predicted molar refractivity (Wildman–Crippen MR) is 102 cm³/mol. The van der Waals surface area contributed by atoms with Gasteiger partial charge in [0, 0.05) is 12.1 Å². The maximum Gasteiger partial charge on any atom is 0.00766 e. The topological polar surface area (TPSA) is 38.0 Å². The number of fused-ring (bicyclic) bond motifs is 5. The summed E-state index contributed by atoms with van der Waals surface area (Å²) in [4.78, 5) is 0. The van der Waals surface area contributed by atoms with Crippen molar-refractivity contribution in [2.24, 2.45) is 40.2 Å². The molecule has 4 aliphatic rings. The van der Waals surface area contributed by atoms with Crippen molar-refractivity contribution in [3.8, 4) is 0 Å². The summed E-state index contributed by atoms with van der Waals surface area (Å²) < 4.78 is 0. The highest BCUT2D eigenvalue weighted by Crippen LogP contribution is 2.66. The molecule has 2 heteroatoms. The Labute approximate surface area is 149 Å². The Bertz CT molecular complexity index is 526. The van der Waals surface area contributed by atoms with Gasteiger partial charge in [0.1, 0.15) is 0 Å². The van der Waals surface area contributed by atoms with E-state index in [9.17, 15) is 0 Å². The average Bonchev–Trinajstić information content (AvgIpc) is 2.92. The summed E-state index contributed by atoms with van der Waals surface area (Å²) >= 11 is 0. The third-order valence-electron chi connectivity index (χ3n) is 9.27. The minimum atomic E-state index is 0.419. The molecule has 0 aliphatic heterocycles. The second kappa shape index (κ2) is 5.84. The zero-order chi connectivity index (χ0) is 17.1. The van der Waals surface area contributed by atoms with Gasteiger partial charge in [-0.05, 0) is 99.8 Å². The summed E-state index contributed by atoms with van der Waals surface area (Å²) in [6.07, 6.45) is 13.5. The number of nitrogens with two attached hydrogens (primary N) is 1. The van der Waals surface area contributed by atoms with Gasteiger partial charge in [-0.3, -0.25) is 0 Å². The SMILES string of the molecule is CNC(C)C1CCC2C3CC=C4CC(N)CCC4(C)C3CCC12C. The highest BCUT2D eigenvalue weighted by molar-refractivity contribution is 5.25. The molecular formula is C22H38N2. The van der Waals surface area contributed by atoms with E-state index in [4.69, 9.17) is 5.73 Å². The maximum absolute atomic E-state index is 6.29. The van der Waals surface area contributed by atoms with E-state index in [1.165, 1.54) is 51.4 Å². The molecule has 2 nitrogen and oxygen atoms in total. The van der Waals surface area contributed by atoms with Crippen LogP contribution in [0.15, 0.2) is 11.6 Å². The molecule has 3 fully saturated rings. The third-order valence-corrected chi connectivity index (χ3v) is 9.27. The molecule has 3 N–H and O–H groups in total. The lowest BCUT2D eigenvalue weighted by Gasteiger charge is -2.58. The number of hydrogen-bond acceptors (Lipinski definition) is 2. The van der Waals surface area contributed by atoms with Crippen LogP contribution in [0.5, 0.6) is 0 Å². The van der Waals surface area contributed by atoms with Gasteiger partial charge in [-0.1, -0.05) is 25.5 Å². The van der Waals surface area contributed by atoms with Gasteiger partial charge < -0.3 is 11.1 Å². The van der Waals surface area contributed by atoms with E-state index in [-0.39, 0.29) is 0 Å². The zero-order valence-corrected chi connectivity index (χ0v) is 16.3. The third kappa shape index (κ3) is 2.28. The van der Waals surface area contributed by atoms with Crippen LogP contribution in [-0.4, -0.2) is 19.1 Å². The van der Waals surface area contributed by atoms with E-state index in [0.717, 1.165) is 23.7 Å². The van der Waals surface area contributed by atoms with Crippen LogP contribution in [0.1, 0.15) is 72.1 Å². The molecule has 0 spiro atoms. The Morgan fingerprint density at radius 3 is 2.67 bits per heavy atom. The molecule has 24 heavy (non-hydrogen) atoms. The summed E-state index contributed by atoms with van der Waals surface area (Å²) in [5.41, 5.74) is 9.05. The minimum absolute atomic E-state index is 0.419.